The second-order valence-corrected chi connectivity index (χ2v) is 16.6. The number of nitrogens with zero attached hydrogens (tertiary/aromatic N) is 6. The molecule has 3 aromatic carbocycles. The zero-order valence-corrected chi connectivity index (χ0v) is 34.0. The topological polar surface area (TPSA) is 209 Å². The first-order valence-corrected chi connectivity index (χ1v) is 19.6. The SMILES string of the molecule is Cc1cc([C@H]2C3=CC[C@@H]4C(=O)N(c5cc([N+](=O)[O-])c(N(C)C)c([N+](=O)[O-])c5)C(=O)[C@@H]4[C@@H]3C[C@H]3C(=O)N(Nc4ncc(C(F)(F)F)cc4Cl)C(=O)[C@@]23c2ccc(Cl)cc2)ccc1O. The van der Waals surface area contributed by atoms with Crippen molar-refractivity contribution < 1.29 is 47.3 Å². The Bertz CT molecular complexity index is 2660. The molecule has 0 radical (unpaired) electrons. The number of imide groups is 2. The summed E-state index contributed by atoms with van der Waals surface area (Å²) in [4.78, 5) is 87.8. The number of hydrogen-bond acceptors (Lipinski definition) is 12. The Kier molecular flexibility index (Phi) is 10.0. The monoisotopic (exact) mass is 893 g/mol. The minimum Gasteiger partial charge on any atom is -0.508 e. The third kappa shape index (κ3) is 6.31. The second kappa shape index (κ2) is 14.8. The Morgan fingerprint density at radius 3 is 2.13 bits per heavy atom. The van der Waals surface area contributed by atoms with Gasteiger partial charge in [-0.1, -0.05) is 59.1 Å². The van der Waals surface area contributed by atoms with E-state index in [1.54, 1.807) is 37.3 Å². The summed E-state index contributed by atoms with van der Waals surface area (Å²) in [6.07, 6.45) is -2.94. The second-order valence-electron chi connectivity index (χ2n) is 15.7. The lowest BCUT2D eigenvalue weighted by Crippen LogP contribution is -2.53. The summed E-state index contributed by atoms with van der Waals surface area (Å²) in [5.41, 5.74) is -1.14. The molecular weight excluding hydrogens is 862 g/mol. The molecule has 320 valence electrons. The Balaban J connectivity index is 1.30. The number of nitro benzene ring substituents is 2. The maximum Gasteiger partial charge on any atom is 0.417 e. The first-order chi connectivity index (χ1) is 29.2. The van der Waals surface area contributed by atoms with Crippen LogP contribution in [0.5, 0.6) is 5.75 Å². The number of carbonyl (C=O) groups is 4. The van der Waals surface area contributed by atoms with Gasteiger partial charge in [-0.25, -0.2) is 9.88 Å². The number of phenolic OH excluding ortho intramolecular Hbond substituents is 1. The minimum atomic E-state index is -4.81. The van der Waals surface area contributed by atoms with Crippen molar-refractivity contribution in [1.82, 2.24) is 9.99 Å². The molecule has 1 aromatic heterocycles. The molecule has 2 N–H and O–H groups in total. The average Bonchev–Trinajstić information content (AvgIpc) is 3.59. The maximum atomic E-state index is 15.4. The Hall–Kier alpha value is -6.60. The molecule has 0 unspecified atom stereocenters. The van der Waals surface area contributed by atoms with E-state index >= 15 is 4.79 Å². The molecule has 8 rings (SSSR count). The number of aromatic nitrogens is 1. The fourth-order valence-corrected chi connectivity index (χ4v) is 10.1. The van der Waals surface area contributed by atoms with Gasteiger partial charge in [-0.15, -0.1) is 0 Å². The van der Waals surface area contributed by atoms with E-state index < -0.39 is 108 Å². The van der Waals surface area contributed by atoms with Crippen LogP contribution in [0, 0.1) is 50.8 Å². The van der Waals surface area contributed by atoms with Crippen molar-refractivity contribution in [2.75, 3.05) is 29.3 Å². The van der Waals surface area contributed by atoms with Gasteiger partial charge >= 0.3 is 17.6 Å². The molecular formula is C41H32Cl2F3N7O9. The third-order valence-corrected chi connectivity index (χ3v) is 12.8. The van der Waals surface area contributed by atoms with Crippen LogP contribution in [0.15, 0.2) is 78.5 Å². The van der Waals surface area contributed by atoms with E-state index in [-0.39, 0.29) is 29.3 Å². The number of fused-ring (bicyclic) bond motifs is 4. The third-order valence-electron chi connectivity index (χ3n) is 12.3. The molecule has 3 heterocycles. The van der Waals surface area contributed by atoms with Crippen molar-refractivity contribution in [1.29, 1.82) is 0 Å². The van der Waals surface area contributed by atoms with Crippen LogP contribution < -0.4 is 15.2 Å². The number of amides is 4. The number of aromatic hydroxyl groups is 1. The molecule has 62 heavy (non-hydrogen) atoms. The molecule has 0 bridgehead atoms. The molecule has 4 aliphatic rings. The number of allylic oxidation sites excluding steroid dienone is 2. The van der Waals surface area contributed by atoms with E-state index in [0.717, 1.165) is 12.1 Å². The molecule has 2 aliphatic carbocycles. The summed E-state index contributed by atoms with van der Waals surface area (Å²) in [5.74, 6) is -9.64. The normalized spacial score (nSPS) is 24.4. The summed E-state index contributed by atoms with van der Waals surface area (Å²) in [6, 6.07) is 13.1. The van der Waals surface area contributed by atoms with Gasteiger partial charge in [0.1, 0.15) is 5.75 Å². The number of benzene rings is 3. The van der Waals surface area contributed by atoms with E-state index in [1.807, 2.05) is 0 Å². The molecule has 4 amide bonds. The smallest absolute Gasteiger partial charge is 0.417 e. The standard InChI is InChI=1S/C41H32Cl2F3N7O9/c1-18-12-19(4-11-31(18)54)33-24-9-10-25-32(38(57)50(36(25)55)23-14-29(52(59)60)34(49(2)3)30(15-23)53(61)62)26(24)16-27-37(56)51(39(58)40(27,33)20-5-7-22(42)8-6-20)48-35-28(43)13-21(17-47-35)41(44,45)46/h4-9,11-15,17,25-27,32-33,54H,10,16H2,1-3H3,(H,47,48)/t25-,26+,27-,32-,33-,40+/m0/s1. The molecule has 21 heteroatoms. The van der Waals surface area contributed by atoms with E-state index in [4.69, 9.17) is 23.2 Å². The molecule has 6 atom stereocenters. The van der Waals surface area contributed by atoms with Gasteiger partial charge in [-0.05, 0) is 66.6 Å². The number of hydrazine groups is 1. The maximum absolute atomic E-state index is 15.4. The van der Waals surface area contributed by atoms with Crippen LogP contribution in [0.4, 0.5) is 41.7 Å². The van der Waals surface area contributed by atoms with E-state index in [1.165, 1.54) is 37.2 Å². The summed E-state index contributed by atoms with van der Waals surface area (Å²) in [5, 5.41) is 35.5. The van der Waals surface area contributed by atoms with Crippen LogP contribution in [0.3, 0.4) is 0 Å². The fraction of sp³-hybridized carbons (Fsp3) is 0.293. The Morgan fingerprint density at radius 2 is 1.56 bits per heavy atom. The lowest BCUT2D eigenvalue weighted by atomic mass is 9.49. The number of nitro groups is 2. The highest BCUT2D eigenvalue weighted by Gasteiger charge is 2.70. The van der Waals surface area contributed by atoms with E-state index in [2.05, 4.69) is 10.4 Å². The average molecular weight is 895 g/mol. The van der Waals surface area contributed by atoms with Crippen molar-refractivity contribution in [2.45, 2.75) is 37.3 Å². The van der Waals surface area contributed by atoms with Gasteiger partial charge < -0.3 is 10.0 Å². The summed E-state index contributed by atoms with van der Waals surface area (Å²) < 4.78 is 40.6. The number of aryl methyl sites for hydroxylation is 1. The van der Waals surface area contributed by atoms with Gasteiger partial charge in [0.2, 0.25) is 11.8 Å². The highest BCUT2D eigenvalue weighted by Crippen LogP contribution is 2.64. The lowest BCUT2D eigenvalue weighted by Gasteiger charge is -2.50. The van der Waals surface area contributed by atoms with Gasteiger partial charge in [-0.2, -0.15) is 18.2 Å². The van der Waals surface area contributed by atoms with Crippen molar-refractivity contribution in [3.63, 3.8) is 0 Å². The Labute approximate surface area is 358 Å². The van der Waals surface area contributed by atoms with Crippen LogP contribution in [0.2, 0.25) is 10.0 Å². The molecule has 0 spiro atoms. The van der Waals surface area contributed by atoms with Crippen molar-refractivity contribution in [2.24, 2.45) is 23.7 Å². The first-order valence-electron chi connectivity index (χ1n) is 18.8. The van der Waals surface area contributed by atoms with Crippen LogP contribution >= 0.6 is 23.2 Å². The molecule has 2 aliphatic heterocycles. The zero-order valence-electron chi connectivity index (χ0n) is 32.5. The van der Waals surface area contributed by atoms with E-state index in [9.17, 15) is 52.9 Å². The van der Waals surface area contributed by atoms with Crippen LogP contribution in [-0.4, -0.2) is 62.7 Å². The number of rotatable bonds is 8. The predicted octanol–water partition coefficient (Wildman–Crippen LogP) is 7.49. The number of hydrogen-bond donors (Lipinski definition) is 2. The number of carbonyl (C=O) groups excluding carboxylic acids is 4. The van der Waals surface area contributed by atoms with Crippen molar-refractivity contribution in [3.05, 3.63) is 131 Å². The molecule has 2 saturated heterocycles. The number of phenols is 1. The van der Waals surface area contributed by atoms with Crippen molar-refractivity contribution >= 4 is 75.4 Å². The molecule has 1 saturated carbocycles. The lowest BCUT2D eigenvalue weighted by molar-refractivity contribution is -0.392. The van der Waals surface area contributed by atoms with Gasteiger partial charge in [-0.3, -0.25) is 44.8 Å². The fourth-order valence-electron chi connectivity index (χ4n) is 9.73. The highest BCUT2D eigenvalue weighted by molar-refractivity contribution is 6.33. The molecule has 3 fully saturated rings. The van der Waals surface area contributed by atoms with Crippen molar-refractivity contribution in [3.8, 4) is 5.75 Å². The first kappa shape index (κ1) is 42.1. The van der Waals surface area contributed by atoms with Gasteiger partial charge in [0.25, 0.3) is 11.8 Å². The predicted molar refractivity (Wildman–Crippen MR) is 216 cm³/mol. The number of pyridine rings is 1. The number of halogens is 5. The van der Waals surface area contributed by atoms with Gasteiger partial charge in [0, 0.05) is 43.4 Å². The number of alkyl halides is 3. The summed E-state index contributed by atoms with van der Waals surface area (Å²) in [7, 11) is 2.73. The van der Waals surface area contributed by atoms with Crippen LogP contribution in [0.25, 0.3) is 0 Å². The summed E-state index contributed by atoms with van der Waals surface area (Å²) in [6.45, 7) is 1.61. The van der Waals surface area contributed by atoms with Gasteiger partial charge in [0.15, 0.2) is 11.5 Å². The summed E-state index contributed by atoms with van der Waals surface area (Å²) >= 11 is 12.6. The zero-order chi connectivity index (χ0) is 44.9. The molecule has 4 aromatic rings. The molecule has 16 nitrogen and oxygen atoms in total. The minimum absolute atomic E-state index is 0.0817. The number of nitrogens with one attached hydrogen (secondary N) is 1. The van der Waals surface area contributed by atoms with Crippen LogP contribution in [0.1, 0.15) is 41.0 Å². The Morgan fingerprint density at radius 1 is 0.919 bits per heavy atom. The highest BCUT2D eigenvalue weighted by atomic mass is 35.5. The van der Waals surface area contributed by atoms with Gasteiger partial charge in [0.05, 0.1) is 49.3 Å². The van der Waals surface area contributed by atoms with Crippen LogP contribution in [-0.2, 0) is 30.8 Å². The largest absolute Gasteiger partial charge is 0.508 e. The number of anilines is 3. The van der Waals surface area contributed by atoms with E-state index in [0.29, 0.717) is 44.4 Å². The quantitative estimate of drug-likeness (QED) is 0.0763.